The molecule has 3 rings (SSSR count). The Morgan fingerprint density at radius 1 is 0.952 bits per heavy atom. The van der Waals surface area contributed by atoms with Crippen LogP contribution in [0.2, 0.25) is 5.15 Å². The van der Waals surface area contributed by atoms with Gasteiger partial charge in [0.25, 0.3) is 6.43 Å². The molecule has 0 fully saturated rings. The van der Waals surface area contributed by atoms with Crippen molar-refractivity contribution in [3.8, 4) is 11.4 Å². The monoisotopic (exact) mass is 308 g/mol. The van der Waals surface area contributed by atoms with Crippen LogP contribution in [-0.2, 0) is 12.8 Å². The van der Waals surface area contributed by atoms with E-state index in [2.05, 4.69) is 9.97 Å². The second-order valence-corrected chi connectivity index (χ2v) is 5.60. The Kier molecular flexibility index (Phi) is 4.15. The molecule has 1 aromatic heterocycles. The summed E-state index contributed by atoms with van der Waals surface area (Å²) in [4.78, 5) is 8.94. The van der Waals surface area contributed by atoms with Gasteiger partial charge in [0, 0.05) is 22.4 Å². The molecular weight excluding hydrogens is 294 g/mol. The van der Waals surface area contributed by atoms with Crippen LogP contribution in [0.4, 0.5) is 8.78 Å². The SMILES string of the molecule is FC(F)c1ccc(-c2nc(Cl)c3c(n2)CCCCC3)cc1. The molecule has 0 saturated carbocycles. The smallest absolute Gasteiger partial charge is 0.233 e. The van der Waals surface area contributed by atoms with Crippen molar-refractivity contribution < 1.29 is 8.78 Å². The Morgan fingerprint density at radius 3 is 2.38 bits per heavy atom. The Labute approximate surface area is 127 Å². The highest BCUT2D eigenvalue weighted by atomic mass is 35.5. The molecule has 0 saturated heterocycles. The predicted molar refractivity (Wildman–Crippen MR) is 78.7 cm³/mol. The molecule has 0 radical (unpaired) electrons. The van der Waals surface area contributed by atoms with Gasteiger partial charge in [-0.1, -0.05) is 42.3 Å². The van der Waals surface area contributed by atoms with E-state index in [-0.39, 0.29) is 5.56 Å². The van der Waals surface area contributed by atoms with Crippen LogP contribution in [-0.4, -0.2) is 9.97 Å². The number of nitrogens with zero attached hydrogens (tertiary/aromatic N) is 2. The topological polar surface area (TPSA) is 25.8 Å². The first-order valence-electron chi connectivity index (χ1n) is 7.09. The van der Waals surface area contributed by atoms with Crippen molar-refractivity contribution in [1.82, 2.24) is 9.97 Å². The molecule has 0 atom stereocenters. The number of hydrogen-bond donors (Lipinski definition) is 0. The van der Waals surface area contributed by atoms with E-state index in [9.17, 15) is 8.78 Å². The van der Waals surface area contributed by atoms with Crippen molar-refractivity contribution in [2.24, 2.45) is 0 Å². The molecule has 1 aliphatic rings. The second kappa shape index (κ2) is 6.06. The van der Waals surface area contributed by atoms with E-state index in [0.717, 1.165) is 36.9 Å². The molecule has 0 unspecified atom stereocenters. The first kappa shape index (κ1) is 14.4. The fraction of sp³-hybridized carbons (Fsp3) is 0.375. The molecule has 0 N–H and O–H groups in total. The first-order chi connectivity index (χ1) is 10.1. The summed E-state index contributed by atoms with van der Waals surface area (Å²) in [5.74, 6) is 0.515. The molecule has 21 heavy (non-hydrogen) atoms. The number of fused-ring (bicyclic) bond motifs is 1. The van der Waals surface area contributed by atoms with Crippen molar-refractivity contribution >= 4 is 11.6 Å². The Hall–Kier alpha value is -1.55. The molecule has 0 spiro atoms. The number of hydrogen-bond acceptors (Lipinski definition) is 2. The average Bonchev–Trinajstić information content (AvgIpc) is 2.73. The summed E-state index contributed by atoms with van der Waals surface area (Å²) in [6.45, 7) is 0. The third-order valence-electron chi connectivity index (χ3n) is 3.80. The van der Waals surface area contributed by atoms with Crippen LogP contribution in [0.3, 0.4) is 0 Å². The van der Waals surface area contributed by atoms with Crippen LogP contribution >= 0.6 is 11.6 Å². The standard InChI is InChI=1S/C16H15ClF2N2/c17-14-12-4-2-1-3-5-13(12)20-16(21-14)11-8-6-10(7-9-11)15(18)19/h6-9,15H,1-5H2. The molecule has 0 aliphatic heterocycles. The molecule has 0 amide bonds. The molecule has 2 nitrogen and oxygen atoms in total. The number of aryl methyl sites for hydroxylation is 1. The zero-order valence-corrected chi connectivity index (χ0v) is 12.2. The van der Waals surface area contributed by atoms with E-state index in [1.54, 1.807) is 12.1 Å². The maximum absolute atomic E-state index is 12.6. The van der Waals surface area contributed by atoms with Gasteiger partial charge >= 0.3 is 0 Å². The highest BCUT2D eigenvalue weighted by Crippen LogP contribution is 2.28. The van der Waals surface area contributed by atoms with Crippen LogP contribution in [0.25, 0.3) is 11.4 Å². The summed E-state index contributed by atoms with van der Waals surface area (Å²) in [6.07, 6.45) is 2.74. The van der Waals surface area contributed by atoms with Gasteiger partial charge in [0.1, 0.15) is 5.15 Å². The second-order valence-electron chi connectivity index (χ2n) is 5.25. The number of halogens is 3. The molecule has 1 aliphatic carbocycles. The molecule has 1 aromatic carbocycles. The predicted octanol–water partition coefficient (Wildman–Crippen LogP) is 5.00. The summed E-state index contributed by atoms with van der Waals surface area (Å²) >= 11 is 6.28. The highest BCUT2D eigenvalue weighted by Gasteiger charge is 2.16. The summed E-state index contributed by atoms with van der Waals surface area (Å²) in [6, 6.07) is 6.05. The number of benzene rings is 1. The van der Waals surface area contributed by atoms with Crippen molar-refractivity contribution in [1.29, 1.82) is 0 Å². The fourth-order valence-corrected chi connectivity index (χ4v) is 2.92. The normalized spacial score (nSPS) is 14.9. The zero-order chi connectivity index (χ0) is 14.8. The maximum atomic E-state index is 12.6. The number of aromatic nitrogens is 2. The lowest BCUT2D eigenvalue weighted by atomic mass is 10.1. The van der Waals surface area contributed by atoms with Gasteiger partial charge < -0.3 is 0 Å². The van der Waals surface area contributed by atoms with E-state index in [0.29, 0.717) is 16.5 Å². The Morgan fingerprint density at radius 2 is 1.67 bits per heavy atom. The van der Waals surface area contributed by atoms with Gasteiger partial charge in [0.15, 0.2) is 5.82 Å². The van der Waals surface area contributed by atoms with Crippen molar-refractivity contribution in [3.05, 3.63) is 46.2 Å². The third kappa shape index (κ3) is 3.05. The quantitative estimate of drug-likeness (QED) is 0.576. The zero-order valence-electron chi connectivity index (χ0n) is 11.5. The fourth-order valence-electron chi connectivity index (χ4n) is 2.63. The van der Waals surface area contributed by atoms with Crippen molar-refractivity contribution in [2.75, 3.05) is 0 Å². The largest absolute Gasteiger partial charge is 0.263 e. The summed E-state index contributed by atoms with van der Waals surface area (Å²) in [7, 11) is 0. The van der Waals surface area contributed by atoms with Crippen molar-refractivity contribution in [2.45, 2.75) is 38.5 Å². The molecule has 5 heteroatoms. The van der Waals surface area contributed by atoms with Gasteiger partial charge in [0.05, 0.1) is 0 Å². The van der Waals surface area contributed by atoms with E-state index >= 15 is 0 Å². The highest BCUT2D eigenvalue weighted by molar-refractivity contribution is 6.30. The van der Waals surface area contributed by atoms with Crippen LogP contribution < -0.4 is 0 Å². The van der Waals surface area contributed by atoms with Gasteiger partial charge in [0.2, 0.25) is 0 Å². The van der Waals surface area contributed by atoms with E-state index in [4.69, 9.17) is 11.6 Å². The minimum atomic E-state index is -2.46. The van der Waals surface area contributed by atoms with Gasteiger partial charge in [-0.2, -0.15) is 0 Å². The van der Waals surface area contributed by atoms with Gasteiger partial charge in [-0.3, -0.25) is 0 Å². The van der Waals surface area contributed by atoms with Crippen LogP contribution in [0.5, 0.6) is 0 Å². The summed E-state index contributed by atoms with van der Waals surface area (Å²) < 4.78 is 25.2. The molecule has 0 bridgehead atoms. The summed E-state index contributed by atoms with van der Waals surface area (Å²) in [5, 5.41) is 0.495. The van der Waals surface area contributed by atoms with Gasteiger partial charge in [-0.25, -0.2) is 18.7 Å². The maximum Gasteiger partial charge on any atom is 0.263 e. The van der Waals surface area contributed by atoms with Gasteiger partial charge in [-0.05, 0) is 25.7 Å². The molecule has 110 valence electrons. The minimum absolute atomic E-state index is 0.000364. The average molecular weight is 309 g/mol. The lowest BCUT2D eigenvalue weighted by Crippen LogP contribution is -2.02. The molecular formula is C16H15ClF2N2. The Bertz CT molecular complexity index is 641. The van der Waals surface area contributed by atoms with E-state index in [1.165, 1.54) is 18.6 Å². The van der Waals surface area contributed by atoms with Crippen LogP contribution in [0.1, 0.15) is 42.5 Å². The molecule has 2 aromatic rings. The van der Waals surface area contributed by atoms with Gasteiger partial charge in [-0.15, -0.1) is 0 Å². The number of alkyl halides is 2. The summed E-state index contributed by atoms with van der Waals surface area (Å²) in [5.41, 5.74) is 2.76. The first-order valence-corrected chi connectivity index (χ1v) is 7.46. The van der Waals surface area contributed by atoms with E-state index < -0.39 is 6.43 Å². The van der Waals surface area contributed by atoms with Crippen molar-refractivity contribution in [3.63, 3.8) is 0 Å². The number of rotatable bonds is 2. The van der Waals surface area contributed by atoms with E-state index in [1.807, 2.05) is 0 Å². The lowest BCUT2D eigenvalue weighted by molar-refractivity contribution is 0.151. The molecule has 1 heterocycles. The third-order valence-corrected chi connectivity index (χ3v) is 4.12. The minimum Gasteiger partial charge on any atom is -0.233 e. The van der Waals surface area contributed by atoms with Crippen LogP contribution in [0.15, 0.2) is 24.3 Å². The lowest BCUT2D eigenvalue weighted by Gasteiger charge is -2.10. The van der Waals surface area contributed by atoms with Crippen LogP contribution in [0, 0.1) is 0 Å². The Balaban J connectivity index is 1.99.